The number of hydrogen-bond donors (Lipinski definition) is 2. The van der Waals surface area contributed by atoms with Gasteiger partial charge in [0, 0.05) is 18.0 Å². The molecule has 0 amide bonds. The molecular weight excluding hydrogens is 234 g/mol. The molecule has 0 heterocycles. The maximum absolute atomic E-state index is 9.62. The number of aromatic hydroxyl groups is 1. The Hall–Kier alpha value is -2.42. The van der Waals surface area contributed by atoms with E-state index < -0.39 is 6.04 Å². The molecule has 0 saturated heterocycles. The molecule has 0 aromatic heterocycles. The summed E-state index contributed by atoms with van der Waals surface area (Å²) in [5.41, 5.74) is 8.74. The van der Waals surface area contributed by atoms with Crippen LogP contribution in [0.25, 0.3) is 10.4 Å². The van der Waals surface area contributed by atoms with Crippen molar-refractivity contribution in [2.45, 2.75) is 6.04 Å². The lowest BCUT2D eigenvalue weighted by atomic mass is 10.1. The molecule has 1 aromatic rings. The van der Waals surface area contributed by atoms with Crippen molar-refractivity contribution in [1.82, 2.24) is 5.32 Å². The second-order valence-electron chi connectivity index (χ2n) is 3.40. The quantitative estimate of drug-likeness (QED) is 0.345. The molecule has 0 aliphatic heterocycles. The van der Waals surface area contributed by atoms with Crippen molar-refractivity contribution in [3.05, 3.63) is 34.2 Å². The minimum atomic E-state index is -0.573. The number of nitriles is 1. The van der Waals surface area contributed by atoms with E-state index in [4.69, 9.17) is 15.5 Å². The van der Waals surface area contributed by atoms with E-state index in [1.165, 1.54) is 13.2 Å². The highest BCUT2D eigenvalue weighted by atomic mass is 16.5. The molecule has 1 aromatic carbocycles. The topological polar surface area (TPSA) is 114 Å². The van der Waals surface area contributed by atoms with Crippen molar-refractivity contribution >= 4 is 0 Å². The highest BCUT2D eigenvalue weighted by molar-refractivity contribution is 5.43. The summed E-state index contributed by atoms with van der Waals surface area (Å²) in [6.07, 6.45) is 0. The van der Waals surface area contributed by atoms with Crippen molar-refractivity contribution in [1.29, 1.82) is 5.26 Å². The van der Waals surface area contributed by atoms with E-state index in [0.717, 1.165) is 0 Å². The minimum absolute atomic E-state index is 0.0212. The molecular formula is C11H13N5O2. The molecule has 0 fully saturated rings. The fourth-order valence-electron chi connectivity index (χ4n) is 1.43. The van der Waals surface area contributed by atoms with Crippen molar-refractivity contribution < 1.29 is 9.84 Å². The van der Waals surface area contributed by atoms with Gasteiger partial charge in [-0.1, -0.05) is 11.2 Å². The van der Waals surface area contributed by atoms with Crippen LogP contribution in [0.3, 0.4) is 0 Å². The van der Waals surface area contributed by atoms with Crippen LogP contribution in [0.4, 0.5) is 0 Å². The summed E-state index contributed by atoms with van der Waals surface area (Å²) in [7, 11) is 1.45. The Morgan fingerprint density at radius 2 is 2.44 bits per heavy atom. The minimum Gasteiger partial charge on any atom is -0.504 e. The molecule has 0 radical (unpaired) electrons. The van der Waals surface area contributed by atoms with Gasteiger partial charge in [-0.3, -0.25) is 5.32 Å². The summed E-state index contributed by atoms with van der Waals surface area (Å²) in [6.45, 7) is 0.645. The second-order valence-corrected chi connectivity index (χ2v) is 3.40. The zero-order valence-electron chi connectivity index (χ0n) is 9.87. The van der Waals surface area contributed by atoms with Gasteiger partial charge in [-0.05, 0) is 23.2 Å². The first-order valence-electron chi connectivity index (χ1n) is 5.23. The zero-order valence-corrected chi connectivity index (χ0v) is 9.87. The third-order valence-corrected chi connectivity index (χ3v) is 2.29. The highest BCUT2D eigenvalue weighted by Gasteiger charge is 2.11. The van der Waals surface area contributed by atoms with E-state index in [-0.39, 0.29) is 12.3 Å². The van der Waals surface area contributed by atoms with Crippen LogP contribution >= 0.6 is 0 Å². The van der Waals surface area contributed by atoms with Gasteiger partial charge in [0.1, 0.15) is 6.04 Å². The largest absolute Gasteiger partial charge is 0.504 e. The Bertz CT molecular complexity index is 491. The third-order valence-electron chi connectivity index (χ3n) is 2.29. The maximum Gasteiger partial charge on any atom is 0.160 e. The first-order chi connectivity index (χ1) is 8.72. The molecule has 7 nitrogen and oxygen atoms in total. The zero-order chi connectivity index (χ0) is 13.4. The smallest absolute Gasteiger partial charge is 0.160 e. The van der Waals surface area contributed by atoms with Crippen LogP contribution in [0.1, 0.15) is 11.6 Å². The van der Waals surface area contributed by atoms with Crippen LogP contribution in [0.15, 0.2) is 23.3 Å². The van der Waals surface area contributed by atoms with Gasteiger partial charge in [0.2, 0.25) is 0 Å². The molecule has 0 spiro atoms. The Morgan fingerprint density at radius 3 is 3.00 bits per heavy atom. The SMILES string of the molecule is COc1ccc(C(C#N)NCCN=[N+]=[N-])cc1O. The molecule has 1 atom stereocenters. The van der Waals surface area contributed by atoms with Gasteiger partial charge < -0.3 is 9.84 Å². The number of benzene rings is 1. The molecule has 18 heavy (non-hydrogen) atoms. The summed E-state index contributed by atoms with van der Waals surface area (Å²) in [5, 5.41) is 24.9. The number of nitrogens with zero attached hydrogens (tertiary/aromatic N) is 4. The van der Waals surface area contributed by atoms with Gasteiger partial charge in [0.15, 0.2) is 11.5 Å². The third kappa shape index (κ3) is 3.56. The lowest BCUT2D eigenvalue weighted by Gasteiger charge is -2.12. The second kappa shape index (κ2) is 7.01. The monoisotopic (exact) mass is 247 g/mol. The van der Waals surface area contributed by atoms with Gasteiger partial charge >= 0.3 is 0 Å². The molecule has 0 aliphatic rings. The van der Waals surface area contributed by atoms with Gasteiger partial charge in [0.25, 0.3) is 0 Å². The predicted molar refractivity (Wildman–Crippen MR) is 65.0 cm³/mol. The number of phenolic OH excluding ortho intramolecular Hbond substituents is 1. The van der Waals surface area contributed by atoms with Crippen molar-refractivity contribution in [2.75, 3.05) is 20.2 Å². The lowest BCUT2D eigenvalue weighted by Crippen LogP contribution is -2.22. The average molecular weight is 247 g/mol. The van der Waals surface area contributed by atoms with Crippen LogP contribution in [0.5, 0.6) is 11.5 Å². The van der Waals surface area contributed by atoms with E-state index in [1.54, 1.807) is 12.1 Å². The van der Waals surface area contributed by atoms with Crippen molar-refractivity contribution in [3.8, 4) is 17.6 Å². The molecule has 0 bridgehead atoms. The Labute approximate surface area is 104 Å². The van der Waals surface area contributed by atoms with Crippen LogP contribution in [-0.2, 0) is 0 Å². The summed E-state index contributed by atoms with van der Waals surface area (Å²) >= 11 is 0. The van der Waals surface area contributed by atoms with E-state index >= 15 is 0 Å². The van der Waals surface area contributed by atoms with Gasteiger partial charge in [-0.15, -0.1) is 0 Å². The average Bonchev–Trinajstić information content (AvgIpc) is 2.39. The summed E-state index contributed by atoms with van der Waals surface area (Å²) in [4.78, 5) is 2.61. The first kappa shape index (κ1) is 13.6. The standard InChI is InChI=1S/C11H13N5O2/c1-18-11-3-2-8(6-10(11)17)9(7-12)14-4-5-15-16-13/h2-3,6,9,14,17H,4-5H2,1H3. The summed E-state index contributed by atoms with van der Waals surface area (Å²) in [5.74, 6) is 0.330. The number of nitrogens with one attached hydrogen (secondary N) is 1. The van der Waals surface area contributed by atoms with E-state index in [0.29, 0.717) is 17.9 Å². The fourth-order valence-corrected chi connectivity index (χ4v) is 1.43. The summed E-state index contributed by atoms with van der Waals surface area (Å²) < 4.78 is 4.92. The van der Waals surface area contributed by atoms with Gasteiger partial charge in [-0.25, -0.2) is 0 Å². The number of rotatable bonds is 6. The molecule has 0 saturated carbocycles. The molecule has 1 rings (SSSR count). The van der Waals surface area contributed by atoms with Crippen LogP contribution in [-0.4, -0.2) is 25.3 Å². The van der Waals surface area contributed by atoms with Gasteiger partial charge in [-0.2, -0.15) is 5.26 Å². The van der Waals surface area contributed by atoms with Gasteiger partial charge in [0.05, 0.1) is 13.2 Å². The number of azide groups is 1. The van der Waals surface area contributed by atoms with Crippen LogP contribution in [0, 0.1) is 11.3 Å². The van der Waals surface area contributed by atoms with E-state index in [1.807, 2.05) is 0 Å². The molecule has 0 aliphatic carbocycles. The molecule has 1 unspecified atom stereocenters. The fraction of sp³-hybridized carbons (Fsp3) is 0.364. The van der Waals surface area contributed by atoms with Crippen LogP contribution < -0.4 is 10.1 Å². The van der Waals surface area contributed by atoms with E-state index in [9.17, 15) is 5.11 Å². The number of phenols is 1. The number of methoxy groups -OCH3 is 1. The molecule has 94 valence electrons. The number of ether oxygens (including phenoxy) is 1. The summed E-state index contributed by atoms with van der Waals surface area (Å²) in [6, 6.07) is 6.23. The lowest BCUT2D eigenvalue weighted by molar-refractivity contribution is 0.372. The molecule has 2 N–H and O–H groups in total. The Kier molecular flexibility index (Phi) is 5.32. The normalized spacial score (nSPS) is 11.1. The maximum atomic E-state index is 9.62. The highest BCUT2D eigenvalue weighted by Crippen LogP contribution is 2.28. The van der Waals surface area contributed by atoms with Crippen LogP contribution in [0.2, 0.25) is 0 Å². The first-order valence-corrected chi connectivity index (χ1v) is 5.23. The molecule has 7 heteroatoms. The Morgan fingerprint density at radius 1 is 1.67 bits per heavy atom. The Balaban J connectivity index is 2.73. The van der Waals surface area contributed by atoms with Crippen molar-refractivity contribution in [2.24, 2.45) is 5.11 Å². The van der Waals surface area contributed by atoms with Crippen molar-refractivity contribution in [3.63, 3.8) is 0 Å². The number of hydrogen-bond acceptors (Lipinski definition) is 5. The predicted octanol–water partition coefficient (Wildman–Crippen LogP) is 1.87. The van der Waals surface area contributed by atoms with E-state index in [2.05, 4.69) is 21.4 Å².